The van der Waals surface area contributed by atoms with E-state index in [-0.39, 0.29) is 0 Å². The van der Waals surface area contributed by atoms with Gasteiger partial charge in [0.1, 0.15) is 39.3 Å². The van der Waals surface area contributed by atoms with E-state index in [9.17, 15) is 0 Å². The van der Waals surface area contributed by atoms with Crippen molar-refractivity contribution in [2.75, 3.05) is 32.4 Å². The lowest BCUT2D eigenvalue weighted by atomic mass is 10.1. The average molecular weight is 393 g/mol. The smallest absolute Gasteiger partial charge is 0.127 e. The third-order valence-electron chi connectivity index (χ3n) is 4.68. The van der Waals surface area contributed by atoms with Gasteiger partial charge in [-0.15, -0.1) is 11.8 Å². The molecule has 2 aromatic carbocycles. The van der Waals surface area contributed by atoms with Gasteiger partial charge in [-0.25, -0.2) is 0 Å². The highest BCUT2D eigenvalue weighted by Crippen LogP contribution is 2.15. The second kappa shape index (κ2) is 8.34. The van der Waals surface area contributed by atoms with Gasteiger partial charge in [0.2, 0.25) is 0 Å². The molecule has 3 rings (SSSR count). The summed E-state index contributed by atoms with van der Waals surface area (Å²) in [4.78, 5) is 4.78. The second-order valence-electron chi connectivity index (χ2n) is 6.29. The highest BCUT2D eigenvalue weighted by Gasteiger charge is 2.23. The van der Waals surface area contributed by atoms with Crippen LogP contribution in [0.4, 0.5) is 0 Å². The first-order chi connectivity index (χ1) is 11.2. The van der Waals surface area contributed by atoms with Crippen molar-refractivity contribution in [3.63, 3.8) is 0 Å². The normalized spacial score (nSPS) is 21.3. The Morgan fingerprint density at radius 1 is 0.870 bits per heavy atom. The molecule has 0 atom stereocenters. The Bertz CT molecular complexity index is 622. The van der Waals surface area contributed by atoms with E-state index in [0.29, 0.717) is 0 Å². The topological polar surface area (TPSA) is 8.88 Å². The number of hydrogen-bond acceptors (Lipinski definition) is 1. The number of nitrogens with one attached hydrogen (secondary N) is 2. The zero-order chi connectivity index (χ0) is 16.1. The first kappa shape index (κ1) is 17.0. The summed E-state index contributed by atoms with van der Waals surface area (Å²) in [5.41, 5.74) is 2.89. The van der Waals surface area contributed by atoms with E-state index in [1.807, 2.05) is 11.8 Å². The molecule has 0 saturated carbocycles. The van der Waals surface area contributed by atoms with E-state index in [1.54, 1.807) is 9.80 Å². The van der Waals surface area contributed by atoms with Crippen LogP contribution in [0.25, 0.3) is 0 Å². The van der Waals surface area contributed by atoms with Crippen LogP contribution in [0, 0.1) is 0 Å². The maximum absolute atomic E-state index is 3.67. The van der Waals surface area contributed by atoms with Gasteiger partial charge in [0.05, 0.1) is 0 Å². The largest absolute Gasteiger partial charge is 0.322 e. The quantitative estimate of drug-likeness (QED) is 0.735. The molecule has 2 aromatic rings. The summed E-state index contributed by atoms with van der Waals surface area (Å²) in [5, 5.41) is 0. The summed E-state index contributed by atoms with van der Waals surface area (Å²) >= 11 is 5.48. The van der Waals surface area contributed by atoms with Gasteiger partial charge in [0.25, 0.3) is 0 Å². The third kappa shape index (κ3) is 4.83. The van der Waals surface area contributed by atoms with E-state index in [4.69, 9.17) is 0 Å². The van der Waals surface area contributed by atoms with Crippen LogP contribution in [0.15, 0.2) is 57.9 Å². The Kier molecular flexibility index (Phi) is 6.17. The molecular formula is C19H25BrN2S+2. The molecule has 1 aliphatic heterocycles. The molecule has 0 aromatic heterocycles. The van der Waals surface area contributed by atoms with Gasteiger partial charge in [-0.2, -0.15) is 0 Å². The fourth-order valence-corrected chi connectivity index (χ4v) is 4.09. The van der Waals surface area contributed by atoms with Crippen LogP contribution < -0.4 is 9.80 Å². The molecule has 1 aliphatic rings. The van der Waals surface area contributed by atoms with Crippen molar-refractivity contribution in [3.8, 4) is 0 Å². The Morgan fingerprint density at radius 2 is 1.48 bits per heavy atom. The lowest BCUT2D eigenvalue weighted by Gasteiger charge is -2.30. The molecule has 0 spiro atoms. The molecule has 2 nitrogen and oxygen atoms in total. The SMILES string of the molecule is CSc1ccc(C[NH+]2CC[NH+](Cc3ccccc3Br)CC2)cc1. The van der Waals surface area contributed by atoms with E-state index >= 15 is 0 Å². The van der Waals surface area contributed by atoms with Crippen molar-refractivity contribution in [2.24, 2.45) is 0 Å². The fraction of sp³-hybridized carbons (Fsp3) is 0.368. The Balaban J connectivity index is 1.49. The van der Waals surface area contributed by atoms with Crippen molar-refractivity contribution in [3.05, 3.63) is 64.1 Å². The number of thioether (sulfide) groups is 1. The molecule has 1 saturated heterocycles. The van der Waals surface area contributed by atoms with Crippen LogP contribution in [0.5, 0.6) is 0 Å². The zero-order valence-electron chi connectivity index (χ0n) is 13.6. The highest BCUT2D eigenvalue weighted by atomic mass is 79.9. The summed E-state index contributed by atoms with van der Waals surface area (Å²) in [6.07, 6.45) is 2.13. The number of benzene rings is 2. The molecule has 122 valence electrons. The summed E-state index contributed by atoms with van der Waals surface area (Å²) in [6.45, 7) is 7.36. The second-order valence-corrected chi connectivity index (χ2v) is 8.03. The number of quaternary nitrogens is 2. The minimum atomic E-state index is 1.14. The van der Waals surface area contributed by atoms with E-state index in [0.717, 1.165) is 13.1 Å². The fourth-order valence-electron chi connectivity index (χ4n) is 3.25. The van der Waals surface area contributed by atoms with Gasteiger partial charge in [-0.1, -0.05) is 46.3 Å². The molecule has 2 N–H and O–H groups in total. The van der Waals surface area contributed by atoms with Gasteiger partial charge >= 0.3 is 0 Å². The molecular weight excluding hydrogens is 368 g/mol. The van der Waals surface area contributed by atoms with E-state index in [2.05, 4.69) is 70.7 Å². The summed E-state index contributed by atoms with van der Waals surface area (Å²) in [5.74, 6) is 0. The van der Waals surface area contributed by atoms with Crippen LogP contribution in [0.2, 0.25) is 0 Å². The maximum Gasteiger partial charge on any atom is 0.127 e. The Morgan fingerprint density at radius 3 is 2.09 bits per heavy atom. The first-order valence-corrected chi connectivity index (χ1v) is 10.3. The predicted octanol–water partition coefficient (Wildman–Crippen LogP) is 1.65. The number of rotatable bonds is 5. The summed E-state index contributed by atoms with van der Waals surface area (Å²) in [6, 6.07) is 17.7. The van der Waals surface area contributed by atoms with Crippen molar-refractivity contribution in [1.29, 1.82) is 0 Å². The van der Waals surface area contributed by atoms with Gasteiger partial charge in [-0.05, 0) is 24.5 Å². The standard InChI is InChI=1S/C19H23BrN2S/c1-23-18-8-6-16(7-9-18)14-21-10-12-22(13-11-21)15-17-4-2-3-5-19(17)20/h2-9H,10-15H2,1H3/p+2. The Hall–Kier alpha value is -0.810. The van der Waals surface area contributed by atoms with Gasteiger partial charge in [0.15, 0.2) is 0 Å². The van der Waals surface area contributed by atoms with Crippen LogP contribution in [0.1, 0.15) is 11.1 Å². The maximum atomic E-state index is 3.67. The van der Waals surface area contributed by atoms with Crippen molar-refractivity contribution in [2.45, 2.75) is 18.0 Å². The highest BCUT2D eigenvalue weighted by molar-refractivity contribution is 9.10. The molecule has 1 heterocycles. The molecule has 4 heteroatoms. The number of piperazine rings is 1. The summed E-state index contributed by atoms with van der Waals surface area (Å²) in [7, 11) is 0. The van der Waals surface area contributed by atoms with Crippen LogP contribution >= 0.6 is 27.7 Å². The number of hydrogen-bond donors (Lipinski definition) is 2. The van der Waals surface area contributed by atoms with E-state index in [1.165, 1.54) is 46.7 Å². The first-order valence-electron chi connectivity index (χ1n) is 8.28. The van der Waals surface area contributed by atoms with Crippen molar-refractivity contribution in [1.82, 2.24) is 0 Å². The molecule has 0 aliphatic carbocycles. The van der Waals surface area contributed by atoms with Gasteiger partial charge in [0, 0.05) is 20.5 Å². The molecule has 23 heavy (non-hydrogen) atoms. The minimum Gasteiger partial charge on any atom is -0.322 e. The monoisotopic (exact) mass is 392 g/mol. The zero-order valence-corrected chi connectivity index (χ0v) is 16.1. The van der Waals surface area contributed by atoms with Crippen LogP contribution in [0.3, 0.4) is 0 Å². The van der Waals surface area contributed by atoms with E-state index < -0.39 is 0 Å². The van der Waals surface area contributed by atoms with Crippen molar-refractivity contribution >= 4 is 27.7 Å². The van der Waals surface area contributed by atoms with Gasteiger partial charge < -0.3 is 9.80 Å². The third-order valence-corrected chi connectivity index (χ3v) is 6.19. The molecule has 0 bridgehead atoms. The Labute approximate surface area is 152 Å². The van der Waals surface area contributed by atoms with Gasteiger partial charge in [-0.3, -0.25) is 0 Å². The molecule has 1 fully saturated rings. The summed E-state index contributed by atoms with van der Waals surface area (Å²) < 4.78 is 1.25. The van der Waals surface area contributed by atoms with Crippen LogP contribution in [-0.2, 0) is 13.1 Å². The number of halogens is 1. The lowest BCUT2D eigenvalue weighted by Crippen LogP contribution is -3.27. The minimum absolute atomic E-state index is 1.14. The average Bonchev–Trinajstić information content (AvgIpc) is 2.59. The van der Waals surface area contributed by atoms with Crippen LogP contribution in [-0.4, -0.2) is 32.4 Å². The lowest BCUT2D eigenvalue weighted by molar-refractivity contribution is -1.02. The predicted molar refractivity (Wildman–Crippen MR) is 101 cm³/mol. The molecule has 0 unspecified atom stereocenters. The molecule has 0 radical (unpaired) electrons. The molecule has 0 amide bonds. The van der Waals surface area contributed by atoms with Crippen molar-refractivity contribution < 1.29 is 9.80 Å².